The van der Waals surface area contributed by atoms with Crippen LogP contribution in [0.3, 0.4) is 0 Å². The Kier molecular flexibility index (Phi) is 5.77. The van der Waals surface area contributed by atoms with Crippen molar-refractivity contribution in [2.45, 2.75) is 12.8 Å². The van der Waals surface area contributed by atoms with Gasteiger partial charge in [-0.3, -0.25) is 29.0 Å². The second-order valence-electron chi connectivity index (χ2n) is 7.73. The van der Waals surface area contributed by atoms with Gasteiger partial charge in [0.25, 0.3) is 11.8 Å². The third-order valence-corrected chi connectivity index (χ3v) is 5.62. The van der Waals surface area contributed by atoms with Crippen LogP contribution in [0, 0.1) is 5.92 Å². The number of piperidine rings is 1. The van der Waals surface area contributed by atoms with E-state index < -0.39 is 0 Å². The van der Waals surface area contributed by atoms with Crippen LogP contribution in [-0.4, -0.2) is 65.1 Å². The van der Waals surface area contributed by atoms with E-state index in [1.54, 1.807) is 30.5 Å². The van der Waals surface area contributed by atoms with Crippen LogP contribution in [0.1, 0.15) is 33.6 Å². The van der Waals surface area contributed by atoms with Gasteiger partial charge in [-0.15, -0.1) is 0 Å². The molecule has 9 nitrogen and oxygen atoms in total. The number of nitrogens with one attached hydrogen (secondary N) is 2. The second kappa shape index (κ2) is 8.65. The van der Waals surface area contributed by atoms with Crippen molar-refractivity contribution in [1.82, 2.24) is 14.8 Å². The van der Waals surface area contributed by atoms with Crippen molar-refractivity contribution in [2.75, 3.05) is 37.3 Å². The van der Waals surface area contributed by atoms with E-state index in [-0.39, 0.29) is 36.1 Å². The molecule has 0 saturated carbocycles. The summed E-state index contributed by atoms with van der Waals surface area (Å²) in [7, 11) is 1.43. The summed E-state index contributed by atoms with van der Waals surface area (Å²) in [5.41, 5.74) is 1.12. The summed E-state index contributed by atoms with van der Waals surface area (Å²) < 4.78 is 0. The first kappa shape index (κ1) is 20.7. The summed E-state index contributed by atoms with van der Waals surface area (Å²) in [6, 6.07) is 10.1. The lowest BCUT2D eigenvalue weighted by Crippen LogP contribution is -2.41. The Balaban J connectivity index is 1.27. The van der Waals surface area contributed by atoms with E-state index in [1.165, 1.54) is 13.1 Å². The summed E-state index contributed by atoms with van der Waals surface area (Å²) in [5.74, 6) is -0.546. The number of fused-ring (bicyclic) bond motifs is 1. The van der Waals surface area contributed by atoms with E-state index in [9.17, 15) is 19.2 Å². The smallest absolute Gasteiger partial charge is 0.261 e. The quantitative estimate of drug-likeness (QED) is 0.710. The molecule has 1 fully saturated rings. The number of likely N-dealkylation sites (tertiary alicyclic amines) is 1. The van der Waals surface area contributed by atoms with Crippen LogP contribution >= 0.6 is 0 Å². The molecule has 3 heterocycles. The Bertz CT molecular complexity index is 1030. The first-order valence-corrected chi connectivity index (χ1v) is 10.1. The maximum absolute atomic E-state index is 12.4. The molecule has 1 saturated heterocycles. The highest BCUT2D eigenvalue weighted by molar-refractivity contribution is 6.21. The van der Waals surface area contributed by atoms with Gasteiger partial charge in [-0.25, -0.2) is 4.98 Å². The Labute approximate surface area is 179 Å². The van der Waals surface area contributed by atoms with Crippen LogP contribution in [0.25, 0.3) is 0 Å². The van der Waals surface area contributed by atoms with Crippen LogP contribution in [-0.2, 0) is 9.59 Å². The topological polar surface area (TPSA) is 112 Å². The van der Waals surface area contributed by atoms with Crippen molar-refractivity contribution >= 4 is 35.1 Å². The van der Waals surface area contributed by atoms with Gasteiger partial charge in [-0.05, 0) is 56.3 Å². The largest absolute Gasteiger partial charge is 0.325 e. The summed E-state index contributed by atoms with van der Waals surface area (Å²) in [5, 5.41) is 5.61. The molecule has 2 aromatic rings. The second-order valence-corrected chi connectivity index (χ2v) is 7.73. The van der Waals surface area contributed by atoms with Crippen LogP contribution in [0.4, 0.5) is 11.5 Å². The number of carbonyl (C=O) groups excluding carboxylic acids is 4. The zero-order chi connectivity index (χ0) is 22.0. The highest BCUT2D eigenvalue weighted by Gasteiger charge is 2.33. The van der Waals surface area contributed by atoms with E-state index in [1.807, 2.05) is 11.0 Å². The molecule has 31 heavy (non-hydrogen) atoms. The highest BCUT2D eigenvalue weighted by Crippen LogP contribution is 2.25. The monoisotopic (exact) mass is 421 g/mol. The molecule has 2 aliphatic rings. The third-order valence-electron chi connectivity index (χ3n) is 5.62. The molecule has 0 atom stereocenters. The van der Waals surface area contributed by atoms with E-state index in [0.717, 1.165) is 4.90 Å². The van der Waals surface area contributed by atoms with Crippen molar-refractivity contribution in [3.8, 4) is 0 Å². The van der Waals surface area contributed by atoms with Crippen molar-refractivity contribution in [2.24, 2.45) is 5.92 Å². The van der Waals surface area contributed by atoms with Gasteiger partial charge in [0.15, 0.2) is 0 Å². The van der Waals surface area contributed by atoms with Crippen LogP contribution in [0.15, 0.2) is 42.6 Å². The molecule has 2 N–H and O–H groups in total. The molecule has 0 unspecified atom stereocenters. The zero-order valence-corrected chi connectivity index (χ0v) is 17.1. The lowest BCUT2D eigenvalue weighted by atomic mass is 9.96. The number of nitrogens with zero attached hydrogens (tertiary/aromatic N) is 3. The van der Waals surface area contributed by atoms with Crippen molar-refractivity contribution < 1.29 is 19.2 Å². The molecule has 0 radical (unpaired) electrons. The molecule has 0 spiro atoms. The minimum absolute atomic E-state index is 0.0508. The number of benzene rings is 1. The standard InChI is InChI=1S/C22H23N5O4/c1-26-21(30)16-6-5-15(12-17(16)22(26)31)24-19(28)13-27-10-7-14(8-11-27)20(29)25-18-4-2-3-9-23-18/h2-6,9,12,14H,7-8,10-11,13H2,1H3,(H,24,28)(H,23,25,29). The lowest BCUT2D eigenvalue weighted by molar-refractivity contribution is -0.121. The van der Waals surface area contributed by atoms with Gasteiger partial charge in [0.1, 0.15) is 5.82 Å². The SMILES string of the molecule is CN1C(=O)c2ccc(NC(=O)CN3CCC(C(=O)Nc4ccccn4)CC3)cc2C1=O. The highest BCUT2D eigenvalue weighted by atomic mass is 16.2. The maximum atomic E-state index is 12.4. The zero-order valence-electron chi connectivity index (χ0n) is 17.1. The molecular weight excluding hydrogens is 398 g/mol. The molecule has 4 rings (SSSR count). The summed E-state index contributed by atoms with van der Waals surface area (Å²) in [6.45, 7) is 1.46. The van der Waals surface area contributed by atoms with E-state index in [2.05, 4.69) is 15.6 Å². The number of anilines is 2. The average Bonchev–Trinajstić information content (AvgIpc) is 2.98. The fraction of sp³-hybridized carbons (Fsp3) is 0.318. The molecule has 0 bridgehead atoms. The number of pyridine rings is 1. The van der Waals surface area contributed by atoms with E-state index in [4.69, 9.17) is 0 Å². The molecule has 1 aromatic carbocycles. The Morgan fingerprint density at radius 3 is 2.48 bits per heavy atom. The molecule has 4 amide bonds. The number of imide groups is 1. The lowest BCUT2D eigenvalue weighted by Gasteiger charge is -2.30. The number of amides is 4. The van der Waals surface area contributed by atoms with Gasteiger partial charge in [0.05, 0.1) is 17.7 Å². The normalized spacial score (nSPS) is 16.9. The average molecular weight is 421 g/mol. The molecular formula is C22H23N5O4. The van der Waals surface area contributed by atoms with Crippen LogP contribution in [0.2, 0.25) is 0 Å². The van der Waals surface area contributed by atoms with Crippen LogP contribution < -0.4 is 10.6 Å². The fourth-order valence-electron chi connectivity index (χ4n) is 3.86. The summed E-state index contributed by atoms with van der Waals surface area (Å²) >= 11 is 0. The number of aromatic nitrogens is 1. The number of carbonyl (C=O) groups is 4. The van der Waals surface area contributed by atoms with Crippen molar-refractivity contribution in [1.29, 1.82) is 0 Å². The first-order valence-electron chi connectivity index (χ1n) is 10.1. The van der Waals surface area contributed by atoms with Crippen molar-refractivity contribution in [3.63, 3.8) is 0 Å². The predicted octanol–water partition coefficient (Wildman–Crippen LogP) is 1.60. The first-order chi connectivity index (χ1) is 14.9. The Hall–Kier alpha value is -3.59. The molecule has 9 heteroatoms. The number of rotatable bonds is 5. The molecule has 1 aromatic heterocycles. The molecule has 0 aliphatic carbocycles. The number of hydrogen-bond donors (Lipinski definition) is 2. The summed E-state index contributed by atoms with van der Waals surface area (Å²) in [6.07, 6.45) is 2.95. The van der Waals surface area contributed by atoms with Crippen molar-refractivity contribution in [3.05, 3.63) is 53.7 Å². The van der Waals surface area contributed by atoms with Crippen LogP contribution in [0.5, 0.6) is 0 Å². The number of hydrogen-bond acceptors (Lipinski definition) is 6. The van der Waals surface area contributed by atoms with E-state index in [0.29, 0.717) is 48.6 Å². The summed E-state index contributed by atoms with van der Waals surface area (Å²) in [4.78, 5) is 56.1. The van der Waals surface area contributed by atoms with Gasteiger partial charge in [-0.2, -0.15) is 0 Å². The van der Waals surface area contributed by atoms with Gasteiger partial charge < -0.3 is 10.6 Å². The molecule has 160 valence electrons. The maximum Gasteiger partial charge on any atom is 0.261 e. The predicted molar refractivity (Wildman–Crippen MR) is 114 cm³/mol. The van der Waals surface area contributed by atoms with Gasteiger partial charge in [-0.1, -0.05) is 6.07 Å². The third kappa shape index (κ3) is 4.46. The fourth-order valence-corrected chi connectivity index (χ4v) is 3.86. The minimum Gasteiger partial charge on any atom is -0.325 e. The van der Waals surface area contributed by atoms with E-state index >= 15 is 0 Å². The van der Waals surface area contributed by atoms with Gasteiger partial charge in [0.2, 0.25) is 11.8 Å². The van der Waals surface area contributed by atoms with Gasteiger partial charge in [0, 0.05) is 24.8 Å². The molecule has 2 aliphatic heterocycles. The minimum atomic E-state index is -0.373. The van der Waals surface area contributed by atoms with Gasteiger partial charge >= 0.3 is 0 Å². The Morgan fingerprint density at radius 1 is 1.03 bits per heavy atom. The Morgan fingerprint density at radius 2 is 1.77 bits per heavy atom.